The molecule has 102 valence electrons. The normalized spacial score (nSPS) is 12.7. The number of rotatable bonds is 4. The van der Waals surface area contributed by atoms with Gasteiger partial charge in [-0.3, -0.25) is 4.98 Å². The molecule has 0 aliphatic heterocycles. The molecule has 20 heavy (non-hydrogen) atoms. The zero-order valence-electron chi connectivity index (χ0n) is 11.4. The first-order chi connectivity index (χ1) is 9.76. The molecular weight excluding hydrogens is 266 g/mol. The van der Waals surface area contributed by atoms with Crippen LogP contribution in [0.4, 0.5) is 0 Å². The van der Waals surface area contributed by atoms with Crippen molar-refractivity contribution in [1.82, 2.24) is 4.98 Å². The smallest absolute Gasteiger partial charge is 0.0845 e. The minimum absolute atomic E-state index is 0.499. The van der Waals surface area contributed by atoms with E-state index in [1.165, 1.54) is 5.56 Å². The molecule has 0 amide bonds. The number of aryl methyl sites for hydroxylation is 1. The summed E-state index contributed by atoms with van der Waals surface area (Å²) in [7, 11) is 0. The van der Waals surface area contributed by atoms with Crippen LogP contribution in [0, 0.1) is 0 Å². The average molecular weight is 283 g/mol. The van der Waals surface area contributed by atoms with E-state index in [1.807, 2.05) is 17.5 Å². The molecule has 0 bridgehead atoms. The number of aromatic nitrogens is 1. The van der Waals surface area contributed by atoms with Crippen molar-refractivity contribution in [2.45, 2.75) is 25.9 Å². The molecule has 2 aromatic heterocycles. The summed E-state index contributed by atoms with van der Waals surface area (Å²) < 4.78 is 1.13. The van der Waals surface area contributed by atoms with Crippen molar-refractivity contribution < 1.29 is 5.11 Å². The Morgan fingerprint density at radius 2 is 1.90 bits per heavy atom. The Morgan fingerprint density at radius 3 is 2.65 bits per heavy atom. The second-order valence-corrected chi connectivity index (χ2v) is 5.91. The van der Waals surface area contributed by atoms with Gasteiger partial charge in [0.15, 0.2) is 0 Å². The zero-order valence-corrected chi connectivity index (χ0v) is 12.2. The Morgan fingerprint density at radius 1 is 1.15 bits per heavy atom. The highest BCUT2D eigenvalue weighted by atomic mass is 32.1. The second kappa shape index (κ2) is 5.73. The zero-order chi connectivity index (χ0) is 13.9. The fourth-order valence-electron chi connectivity index (χ4n) is 2.30. The largest absolute Gasteiger partial charge is 0.388 e. The van der Waals surface area contributed by atoms with Gasteiger partial charge < -0.3 is 5.11 Å². The SMILES string of the molecule is CCc1ccc(CC(O)c2cnc3ccsc3c2)cc1. The summed E-state index contributed by atoms with van der Waals surface area (Å²) in [6.07, 6.45) is 2.95. The first kappa shape index (κ1) is 13.3. The maximum Gasteiger partial charge on any atom is 0.0845 e. The molecule has 3 heteroatoms. The summed E-state index contributed by atoms with van der Waals surface area (Å²) in [5, 5.41) is 12.4. The molecule has 2 nitrogen and oxygen atoms in total. The van der Waals surface area contributed by atoms with E-state index in [9.17, 15) is 5.11 Å². The van der Waals surface area contributed by atoms with Crippen LogP contribution >= 0.6 is 11.3 Å². The van der Waals surface area contributed by atoms with Gasteiger partial charge >= 0.3 is 0 Å². The fourth-order valence-corrected chi connectivity index (χ4v) is 3.09. The van der Waals surface area contributed by atoms with Crippen molar-refractivity contribution >= 4 is 21.6 Å². The van der Waals surface area contributed by atoms with Crippen LogP contribution < -0.4 is 0 Å². The minimum atomic E-state index is -0.499. The van der Waals surface area contributed by atoms with Crippen LogP contribution in [0.15, 0.2) is 48.0 Å². The maximum absolute atomic E-state index is 10.4. The maximum atomic E-state index is 10.4. The quantitative estimate of drug-likeness (QED) is 0.781. The Labute approximate surface area is 122 Å². The molecule has 0 fully saturated rings. The third kappa shape index (κ3) is 2.74. The number of pyridine rings is 1. The van der Waals surface area contributed by atoms with E-state index in [2.05, 4.69) is 36.2 Å². The van der Waals surface area contributed by atoms with Crippen molar-refractivity contribution in [2.75, 3.05) is 0 Å². The molecule has 1 N–H and O–H groups in total. The standard InChI is InChI=1S/C17H17NOS/c1-2-12-3-5-13(6-4-12)9-16(19)14-10-17-15(18-11-14)7-8-20-17/h3-8,10-11,16,19H,2,9H2,1H3. The number of aliphatic hydroxyl groups is 1. The van der Waals surface area contributed by atoms with Gasteiger partial charge in [0, 0.05) is 18.2 Å². The number of benzene rings is 1. The lowest BCUT2D eigenvalue weighted by atomic mass is 10.0. The van der Waals surface area contributed by atoms with Gasteiger partial charge in [0.05, 0.1) is 16.3 Å². The molecule has 0 saturated carbocycles. The van der Waals surface area contributed by atoms with E-state index >= 15 is 0 Å². The van der Waals surface area contributed by atoms with Crippen LogP contribution in [-0.2, 0) is 12.8 Å². The molecule has 1 unspecified atom stereocenters. The molecule has 3 rings (SSSR count). The lowest BCUT2D eigenvalue weighted by Gasteiger charge is -2.11. The molecule has 1 aromatic carbocycles. The summed E-state index contributed by atoms with van der Waals surface area (Å²) in [5.74, 6) is 0. The first-order valence-corrected chi connectivity index (χ1v) is 7.73. The van der Waals surface area contributed by atoms with Crippen LogP contribution in [0.3, 0.4) is 0 Å². The van der Waals surface area contributed by atoms with Gasteiger partial charge in [-0.05, 0) is 35.1 Å². The highest BCUT2D eigenvalue weighted by molar-refractivity contribution is 7.17. The third-order valence-electron chi connectivity index (χ3n) is 3.57. The molecule has 0 spiro atoms. The van der Waals surface area contributed by atoms with Crippen LogP contribution in [0.25, 0.3) is 10.2 Å². The molecule has 0 aliphatic rings. The van der Waals surface area contributed by atoms with E-state index in [1.54, 1.807) is 17.5 Å². The molecule has 0 aliphatic carbocycles. The Kier molecular flexibility index (Phi) is 3.81. The number of fused-ring (bicyclic) bond motifs is 1. The van der Waals surface area contributed by atoms with E-state index < -0.39 is 6.10 Å². The summed E-state index contributed by atoms with van der Waals surface area (Å²) in [6, 6.07) is 12.5. The minimum Gasteiger partial charge on any atom is -0.388 e. The number of aliphatic hydroxyl groups excluding tert-OH is 1. The van der Waals surface area contributed by atoms with Gasteiger partial charge in [-0.25, -0.2) is 0 Å². The average Bonchev–Trinajstić information content (AvgIpc) is 2.95. The lowest BCUT2D eigenvalue weighted by molar-refractivity contribution is 0.178. The summed E-state index contributed by atoms with van der Waals surface area (Å²) in [4.78, 5) is 4.38. The molecule has 2 heterocycles. The second-order valence-electron chi connectivity index (χ2n) is 4.96. The van der Waals surface area contributed by atoms with Gasteiger partial charge in [0.25, 0.3) is 0 Å². The van der Waals surface area contributed by atoms with Crippen molar-refractivity contribution in [3.63, 3.8) is 0 Å². The van der Waals surface area contributed by atoms with Crippen LogP contribution in [0.1, 0.15) is 29.7 Å². The predicted octanol–water partition coefficient (Wildman–Crippen LogP) is 4.13. The van der Waals surface area contributed by atoms with Gasteiger partial charge in [-0.1, -0.05) is 31.2 Å². The van der Waals surface area contributed by atoms with Gasteiger partial charge in [0.2, 0.25) is 0 Å². The van der Waals surface area contributed by atoms with E-state index in [0.717, 1.165) is 27.8 Å². The molecule has 0 radical (unpaired) electrons. The van der Waals surface area contributed by atoms with Crippen LogP contribution in [-0.4, -0.2) is 10.1 Å². The van der Waals surface area contributed by atoms with Gasteiger partial charge in [-0.15, -0.1) is 11.3 Å². The monoisotopic (exact) mass is 283 g/mol. The van der Waals surface area contributed by atoms with Crippen molar-refractivity contribution in [2.24, 2.45) is 0 Å². The molecule has 0 saturated heterocycles. The van der Waals surface area contributed by atoms with Crippen molar-refractivity contribution in [3.8, 4) is 0 Å². The van der Waals surface area contributed by atoms with Crippen molar-refractivity contribution in [1.29, 1.82) is 0 Å². The summed E-state index contributed by atoms with van der Waals surface area (Å²) in [6.45, 7) is 2.14. The number of thiophene rings is 1. The predicted molar refractivity (Wildman–Crippen MR) is 84.1 cm³/mol. The van der Waals surface area contributed by atoms with Crippen LogP contribution in [0.2, 0.25) is 0 Å². The first-order valence-electron chi connectivity index (χ1n) is 6.85. The number of nitrogens with zero attached hydrogens (tertiary/aromatic N) is 1. The highest BCUT2D eigenvalue weighted by Gasteiger charge is 2.10. The van der Waals surface area contributed by atoms with Gasteiger partial charge in [-0.2, -0.15) is 0 Å². The van der Waals surface area contributed by atoms with E-state index in [4.69, 9.17) is 0 Å². The fraction of sp³-hybridized carbons (Fsp3) is 0.235. The van der Waals surface area contributed by atoms with Crippen molar-refractivity contribution in [3.05, 3.63) is 64.7 Å². The highest BCUT2D eigenvalue weighted by Crippen LogP contribution is 2.24. The van der Waals surface area contributed by atoms with Crippen LogP contribution in [0.5, 0.6) is 0 Å². The number of hydrogen-bond acceptors (Lipinski definition) is 3. The number of hydrogen-bond donors (Lipinski definition) is 1. The molecular formula is C17H17NOS. The summed E-state index contributed by atoms with van der Waals surface area (Å²) >= 11 is 1.66. The van der Waals surface area contributed by atoms with Gasteiger partial charge in [0.1, 0.15) is 0 Å². The molecule has 3 aromatic rings. The van der Waals surface area contributed by atoms with E-state index in [-0.39, 0.29) is 0 Å². The summed E-state index contributed by atoms with van der Waals surface area (Å²) in [5.41, 5.74) is 4.36. The Bertz CT molecular complexity index is 702. The Hall–Kier alpha value is -1.71. The Balaban J connectivity index is 1.78. The third-order valence-corrected chi connectivity index (χ3v) is 4.42. The topological polar surface area (TPSA) is 33.1 Å². The lowest BCUT2D eigenvalue weighted by Crippen LogP contribution is -2.02. The van der Waals surface area contributed by atoms with E-state index in [0.29, 0.717) is 6.42 Å². The molecule has 1 atom stereocenters.